The van der Waals surface area contributed by atoms with E-state index < -0.39 is 5.92 Å². The zero-order valence-electron chi connectivity index (χ0n) is 20.6. The SMILES string of the molecule is CCCCCCCCCCCCn1nnc([C@H](C(=O)Nc2ncccc2C)c2ccccc2)n1. The van der Waals surface area contributed by atoms with Gasteiger partial charge in [-0.25, -0.2) is 4.98 Å². The number of amides is 1. The van der Waals surface area contributed by atoms with Gasteiger partial charge in [0.05, 0.1) is 6.54 Å². The van der Waals surface area contributed by atoms with Crippen molar-refractivity contribution >= 4 is 11.7 Å². The third-order valence-electron chi connectivity index (χ3n) is 6.08. The molecular weight excluding hydrogens is 424 g/mol. The maximum Gasteiger partial charge on any atom is 0.240 e. The van der Waals surface area contributed by atoms with E-state index in [0.717, 1.165) is 24.0 Å². The van der Waals surface area contributed by atoms with Gasteiger partial charge in [-0.3, -0.25) is 4.79 Å². The molecule has 0 fully saturated rings. The van der Waals surface area contributed by atoms with Crippen LogP contribution in [0.5, 0.6) is 0 Å². The Balaban J connectivity index is 1.53. The number of benzene rings is 1. The van der Waals surface area contributed by atoms with Gasteiger partial charge in [-0.2, -0.15) is 4.80 Å². The smallest absolute Gasteiger partial charge is 0.240 e. The Labute approximate surface area is 203 Å². The van der Waals surface area contributed by atoms with E-state index >= 15 is 0 Å². The first-order valence-corrected chi connectivity index (χ1v) is 12.7. The summed E-state index contributed by atoms with van der Waals surface area (Å²) >= 11 is 0. The van der Waals surface area contributed by atoms with Gasteiger partial charge in [0.2, 0.25) is 5.91 Å². The van der Waals surface area contributed by atoms with Gasteiger partial charge in [0.1, 0.15) is 11.7 Å². The first-order valence-electron chi connectivity index (χ1n) is 12.7. The lowest BCUT2D eigenvalue weighted by Gasteiger charge is -2.14. The second-order valence-corrected chi connectivity index (χ2v) is 8.93. The molecule has 0 aliphatic heterocycles. The summed E-state index contributed by atoms with van der Waals surface area (Å²) in [7, 11) is 0. The highest BCUT2D eigenvalue weighted by molar-refractivity contribution is 5.97. The summed E-state index contributed by atoms with van der Waals surface area (Å²) < 4.78 is 0. The zero-order chi connectivity index (χ0) is 24.0. The number of aryl methyl sites for hydroxylation is 2. The Morgan fingerprint density at radius 1 is 0.912 bits per heavy atom. The Bertz CT molecular complexity index is 988. The molecule has 0 saturated carbocycles. The lowest BCUT2D eigenvalue weighted by atomic mass is 9.97. The summed E-state index contributed by atoms with van der Waals surface area (Å²) in [6, 6.07) is 13.3. The summed E-state index contributed by atoms with van der Waals surface area (Å²) in [5, 5.41) is 16.0. The second kappa shape index (κ2) is 14.2. The Kier molecular flexibility index (Phi) is 10.7. The number of hydrogen-bond donors (Lipinski definition) is 1. The normalized spacial score (nSPS) is 11.9. The number of unbranched alkanes of at least 4 members (excludes halogenated alkanes) is 9. The predicted octanol–water partition coefficient (Wildman–Crippen LogP) is 6.07. The lowest BCUT2D eigenvalue weighted by Crippen LogP contribution is -2.24. The van der Waals surface area contributed by atoms with Crippen LogP contribution in [0.25, 0.3) is 0 Å². The highest BCUT2D eigenvalue weighted by Crippen LogP contribution is 2.24. The highest BCUT2D eigenvalue weighted by Gasteiger charge is 2.28. The average molecular weight is 463 g/mol. The molecule has 0 radical (unpaired) electrons. The predicted molar refractivity (Wildman–Crippen MR) is 136 cm³/mol. The van der Waals surface area contributed by atoms with Gasteiger partial charge in [-0.15, -0.1) is 10.2 Å². The van der Waals surface area contributed by atoms with Crippen LogP contribution in [0.15, 0.2) is 48.7 Å². The van der Waals surface area contributed by atoms with Gasteiger partial charge in [-0.1, -0.05) is 101 Å². The van der Waals surface area contributed by atoms with E-state index in [1.807, 2.05) is 49.4 Å². The van der Waals surface area contributed by atoms with Crippen LogP contribution in [0, 0.1) is 6.92 Å². The minimum absolute atomic E-state index is 0.216. The summed E-state index contributed by atoms with van der Waals surface area (Å²) in [5.74, 6) is 0.0890. The van der Waals surface area contributed by atoms with E-state index in [9.17, 15) is 4.79 Å². The number of nitrogens with zero attached hydrogens (tertiary/aromatic N) is 5. The summed E-state index contributed by atoms with van der Waals surface area (Å²) in [4.78, 5) is 19.2. The third-order valence-corrected chi connectivity index (χ3v) is 6.08. The van der Waals surface area contributed by atoms with Crippen LogP contribution in [0.2, 0.25) is 0 Å². The van der Waals surface area contributed by atoms with Crippen LogP contribution < -0.4 is 5.32 Å². The van der Waals surface area contributed by atoms with Crippen molar-refractivity contribution in [2.24, 2.45) is 0 Å². The fraction of sp³-hybridized carbons (Fsp3) is 0.519. The third kappa shape index (κ3) is 8.04. The molecule has 7 nitrogen and oxygen atoms in total. The van der Waals surface area contributed by atoms with Crippen LogP contribution in [-0.2, 0) is 11.3 Å². The van der Waals surface area contributed by atoms with E-state index in [-0.39, 0.29) is 5.91 Å². The van der Waals surface area contributed by atoms with E-state index in [1.54, 1.807) is 11.0 Å². The second-order valence-electron chi connectivity index (χ2n) is 8.93. The topological polar surface area (TPSA) is 85.6 Å². The lowest BCUT2D eigenvalue weighted by molar-refractivity contribution is -0.116. The van der Waals surface area contributed by atoms with E-state index in [4.69, 9.17) is 0 Å². The molecule has 182 valence electrons. The number of pyridine rings is 1. The number of anilines is 1. The zero-order valence-corrected chi connectivity index (χ0v) is 20.6. The molecule has 3 rings (SSSR count). The number of aromatic nitrogens is 5. The molecule has 0 spiro atoms. The molecule has 0 aliphatic carbocycles. The molecule has 1 amide bonds. The summed E-state index contributed by atoms with van der Waals surface area (Å²) in [6.07, 6.45) is 14.5. The van der Waals surface area contributed by atoms with Crippen LogP contribution in [0.1, 0.15) is 94.0 Å². The maximum absolute atomic E-state index is 13.3. The standard InChI is InChI=1S/C27H38N6O/c1-3-4-5-6-7-8-9-10-11-15-21-33-31-26(30-32-33)24(23-18-13-12-14-19-23)27(34)29-25-22(2)17-16-20-28-25/h12-14,16-20,24H,3-11,15,21H2,1-2H3,(H,28,29,34)/t24-/m1/s1. The molecule has 0 saturated heterocycles. The molecule has 7 heteroatoms. The van der Waals surface area contributed by atoms with Crippen LogP contribution in [0.4, 0.5) is 5.82 Å². The molecular formula is C27H38N6O. The number of carbonyl (C=O) groups excluding carboxylic acids is 1. The molecule has 1 atom stereocenters. The van der Waals surface area contributed by atoms with Crippen LogP contribution in [-0.4, -0.2) is 31.1 Å². The number of rotatable bonds is 15. The van der Waals surface area contributed by atoms with Gasteiger partial charge < -0.3 is 5.32 Å². The quantitative estimate of drug-likeness (QED) is 0.277. The molecule has 2 aromatic heterocycles. The molecule has 0 bridgehead atoms. The van der Waals surface area contributed by atoms with Crippen molar-refractivity contribution in [1.82, 2.24) is 25.2 Å². The molecule has 0 unspecified atom stereocenters. The fourth-order valence-electron chi connectivity index (χ4n) is 4.08. The van der Waals surface area contributed by atoms with Gasteiger partial charge in [-0.05, 0) is 35.8 Å². The first kappa shape index (κ1) is 25.5. The molecule has 1 N–H and O–H groups in total. The number of nitrogens with one attached hydrogen (secondary N) is 1. The average Bonchev–Trinajstić information content (AvgIpc) is 3.31. The van der Waals surface area contributed by atoms with E-state index in [0.29, 0.717) is 18.2 Å². The van der Waals surface area contributed by atoms with Crippen molar-refractivity contribution < 1.29 is 4.79 Å². The largest absolute Gasteiger partial charge is 0.310 e. The number of carbonyl (C=O) groups is 1. The summed E-state index contributed by atoms with van der Waals surface area (Å²) in [6.45, 7) is 4.89. The number of hydrogen-bond acceptors (Lipinski definition) is 5. The van der Waals surface area contributed by atoms with Crippen molar-refractivity contribution in [3.8, 4) is 0 Å². The maximum atomic E-state index is 13.3. The minimum atomic E-state index is -0.649. The molecule has 2 heterocycles. The van der Waals surface area contributed by atoms with Crippen molar-refractivity contribution in [2.75, 3.05) is 5.32 Å². The fourth-order valence-corrected chi connectivity index (χ4v) is 4.08. The van der Waals surface area contributed by atoms with E-state index in [1.165, 1.54) is 51.4 Å². The molecule has 0 aliphatic rings. The van der Waals surface area contributed by atoms with Gasteiger partial charge in [0, 0.05) is 6.20 Å². The molecule has 3 aromatic rings. The molecule has 34 heavy (non-hydrogen) atoms. The number of tetrazole rings is 1. The monoisotopic (exact) mass is 462 g/mol. The van der Waals surface area contributed by atoms with Crippen LogP contribution in [0.3, 0.4) is 0 Å². The molecule has 1 aromatic carbocycles. The van der Waals surface area contributed by atoms with Crippen molar-refractivity contribution in [2.45, 2.75) is 90.5 Å². The Morgan fingerprint density at radius 2 is 1.59 bits per heavy atom. The van der Waals surface area contributed by atoms with Crippen molar-refractivity contribution in [3.63, 3.8) is 0 Å². The first-order chi connectivity index (χ1) is 16.7. The van der Waals surface area contributed by atoms with Gasteiger partial charge >= 0.3 is 0 Å². The van der Waals surface area contributed by atoms with E-state index in [2.05, 4.69) is 32.6 Å². The Morgan fingerprint density at radius 3 is 2.26 bits per heavy atom. The van der Waals surface area contributed by atoms with Gasteiger partial charge in [0.15, 0.2) is 5.82 Å². The minimum Gasteiger partial charge on any atom is -0.310 e. The highest BCUT2D eigenvalue weighted by atomic mass is 16.2. The van der Waals surface area contributed by atoms with Gasteiger partial charge in [0.25, 0.3) is 0 Å². The van der Waals surface area contributed by atoms with Crippen molar-refractivity contribution in [3.05, 3.63) is 65.6 Å². The van der Waals surface area contributed by atoms with Crippen LogP contribution >= 0.6 is 0 Å². The van der Waals surface area contributed by atoms with Crippen molar-refractivity contribution in [1.29, 1.82) is 0 Å². The Hall–Kier alpha value is -3.09. The summed E-state index contributed by atoms with van der Waals surface area (Å²) in [5.41, 5.74) is 1.73.